The number of anilines is 1. The molecule has 1 aromatic rings. The van der Waals surface area contributed by atoms with Gasteiger partial charge in [0.15, 0.2) is 0 Å². The maximum atomic E-state index is 13.4. The van der Waals surface area contributed by atoms with Gasteiger partial charge in [-0.3, -0.25) is 33.8 Å². The zero-order chi connectivity index (χ0) is 40.3. The summed E-state index contributed by atoms with van der Waals surface area (Å²) in [6.45, 7) is 6.82. The summed E-state index contributed by atoms with van der Waals surface area (Å²) in [6.07, 6.45) is 3.09. The first kappa shape index (κ1) is 43.7. The number of piperazine rings is 1. The Labute approximate surface area is 319 Å². The van der Waals surface area contributed by atoms with Crippen molar-refractivity contribution in [3.8, 4) is 0 Å². The third kappa shape index (κ3) is 15.7. The molecule has 3 rings (SSSR count). The van der Waals surface area contributed by atoms with Crippen LogP contribution in [0, 0.1) is 5.92 Å². The van der Waals surface area contributed by atoms with Crippen molar-refractivity contribution in [2.75, 3.05) is 57.7 Å². The van der Waals surface area contributed by atoms with Gasteiger partial charge in [-0.1, -0.05) is 32.4 Å². The monoisotopic (exact) mass is 771 g/mol. The van der Waals surface area contributed by atoms with Gasteiger partial charge in [0.05, 0.1) is 0 Å². The molecule has 0 bridgehead atoms. The van der Waals surface area contributed by atoms with Gasteiger partial charge in [-0.05, 0) is 49.3 Å². The van der Waals surface area contributed by atoms with Gasteiger partial charge >= 0.3 is 18.2 Å². The molecule has 2 aliphatic heterocycles. The number of primary amides is 1. The van der Waals surface area contributed by atoms with Crippen LogP contribution in [-0.4, -0.2) is 132 Å². The molecule has 8 N–H and O–H groups in total. The number of rotatable bonds is 21. The average molecular weight is 772 g/mol. The summed E-state index contributed by atoms with van der Waals surface area (Å²) in [4.78, 5) is 102. The summed E-state index contributed by atoms with van der Waals surface area (Å²) in [7, 11) is 0. The number of ether oxygens (including phenoxy) is 1. The predicted octanol–water partition coefficient (Wildman–Crippen LogP) is 0.706. The normalized spacial score (nSPS) is 15.3. The van der Waals surface area contributed by atoms with Gasteiger partial charge in [0.2, 0.25) is 17.7 Å². The Morgan fingerprint density at radius 3 is 2.11 bits per heavy atom. The molecule has 19 heteroatoms. The third-order valence-electron chi connectivity index (χ3n) is 8.99. The molecule has 0 aromatic heterocycles. The molecule has 2 atom stereocenters. The van der Waals surface area contributed by atoms with Crippen molar-refractivity contribution in [1.82, 2.24) is 36.0 Å². The molecule has 2 heterocycles. The van der Waals surface area contributed by atoms with Crippen molar-refractivity contribution in [2.45, 2.75) is 71.1 Å². The topological polar surface area (TPSA) is 262 Å². The van der Waals surface area contributed by atoms with Gasteiger partial charge in [-0.15, -0.1) is 0 Å². The molecule has 55 heavy (non-hydrogen) atoms. The van der Waals surface area contributed by atoms with E-state index in [1.165, 1.54) is 17.1 Å². The number of carboxylic acid groups (broad SMARTS) is 1. The van der Waals surface area contributed by atoms with Gasteiger partial charge in [-0.2, -0.15) is 0 Å². The molecular formula is C36H53N9O10. The van der Waals surface area contributed by atoms with Gasteiger partial charge in [0, 0.05) is 76.6 Å². The minimum Gasteiger partial charge on any atom is -0.465 e. The molecule has 1 fully saturated rings. The van der Waals surface area contributed by atoms with Crippen molar-refractivity contribution in [1.29, 1.82) is 0 Å². The summed E-state index contributed by atoms with van der Waals surface area (Å²) in [6, 6.07) is 3.88. The van der Waals surface area contributed by atoms with E-state index in [0.717, 1.165) is 4.90 Å². The lowest BCUT2D eigenvalue weighted by Gasteiger charge is -2.32. The number of alkyl carbamates (subject to hydrolysis) is 1. The van der Waals surface area contributed by atoms with Gasteiger partial charge in [0.1, 0.15) is 18.7 Å². The second-order valence-electron chi connectivity index (χ2n) is 13.6. The highest BCUT2D eigenvalue weighted by atomic mass is 16.5. The van der Waals surface area contributed by atoms with Crippen molar-refractivity contribution in [2.24, 2.45) is 11.7 Å². The number of benzene rings is 1. The number of carbonyl (C=O) groups is 8. The van der Waals surface area contributed by atoms with Crippen LogP contribution in [0.15, 0.2) is 36.4 Å². The van der Waals surface area contributed by atoms with Crippen LogP contribution in [-0.2, 0) is 35.3 Å². The average Bonchev–Trinajstić information content (AvgIpc) is 3.46. The van der Waals surface area contributed by atoms with Crippen molar-refractivity contribution in [3.05, 3.63) is 42.0 Å². The number of amides is 9. The lowest BCUT2D eigenvalue weighted by atomic mass is 10.0. The lowest BCUT2D eigenvalue weighted by Crippen LogP contribution is -2.54. The van der Waals surface area contributed by atoms with Gasteiger partial charge < -0.3 is 47.1 Å². The van der Waals surface area contributed by atoms with E-state index in [1.54, 1.807) is 38.1 Å². The summed E-state index contributed by atoms with van der Waals surface area (Å²) in [5.74, 6) is -2.47. The molecule has 0 aliphatic carbocycles. The number of unbranched alkanes of at least 4 members (excludes halogenated alkanes) is 2. The van der Waals surface area contributed by atoms with Crippen LogP contribution < -0.4 is 32.3 Å². The zero-order valence-electron chi connectivity index (χ0n) is 31.3. The molecule has 1 saturated heterocycles. The van der Waals surface area contributed by atoms with E-state index in [2.05, 4.69) is 31.5 Å². The van der Waals surface area contributed by atoms with E-state index < -0.39 is 42.1 Å². The number of imide groups is 1. The van der Waals surface area contributed by atoms with Crippen LogP contribution in [0.25, 0.3) is 0 Å². The molecule has 0 radical (unpaired) electrons. The lowest BCUT2D eigenvalue weighted by molar-refractivity contribution is -0.137. The van der Waals surface area contributed by atoms with E-state index in [9.17, 15) is 38.4 Å². The van der Waals surface area contributed by atoms with Crippen LogP contribution >= 0.6 is 0 Å². The second-order valence-corrected chi connectivity index (χ2v) is 13.6. The number of carbonyl (C=O) groups excluding carboxylic acids is 7. The second kappa shape index (κ2) is 22.5. The first-order chi connectivity index (χ1) is 26.2. The predicted molar refractivity (Wildman–Crippen MR) is 199 cm³/mol. The quantitative estimate of drug-likeness (QED) is 0.0676. The first-order valence-electron chi connectivity index (χ1n) is 18.4. The number of hydrogen-bond donors (Lipinski definition) is 7. The number of nitrogens with zero attached hydrogens (tertiary/aromatic N) is 3. The Morgan fingerprint density at radius 1 is 0.818 bits per heavy atom. The van der Waals surface area contributed by atoms with E-state index in [0.29, 0.717) is 76.2 Å². The fourth-order valence-electron chi connectivity index (χ4n) is 5.80. The Balaban J connectivity index is 1.46. The largest absolute Gasteiger partial charge is 0.465 e. The van der Waals surface area contributed by atoms with Crippen molar-refractivity contribution in [3.63, 3.8) is 0 Å². The highest BCUT2D eigenvalue weighted by molar-refractivity contribution is 6.12. The first-order valence-corrected chi connectivity index (χ1v) is 18.4. The zero-order valence-corrected chi connectivity index (χ0v) is 31.3. The Kier molecular flexibility index (Phi) is 17.9. The molecule has 1 aromatic carbocycles. The summed E-state index contributed by atoms with van der Waals surface area (Å²) in [5, 5.41) is 22.4. The number of nitrogens with two attached hydrogens (primary N) is 1. The summed E-state index contributed by atoms with van der Waals surface area (Å²) < 4.78 is 5.28. The van der Waals surface area contributed by atoms with Gasteiger partial charge in [-0.25, -0.2) is 14.4 Å². The fraction of sp³-hybridized carbons (Fsp3) is 0.556. The molecule has 0 unspecified atom stereocenters. The maximum absolute atomic E-state index is 13.4. The molecule has 302 valence electrons. The van der Waals surface area contributed by atoms with Crippen LogP contribution in [0.3, 0.4) is 0 Å². The number of hydrogen-bond acceptors (Lipinski definition) is 10. The Morgan fingerprint density at radius 2 is 1.49 bits per heavy atom. The standard InChI is InChI=1S/C36H53N9O10/c1-24(2)31(42-28(46)8-4-3-5-17-45-29(47)13-14-30(45)48)33(50)41-27(7-6-15-38-34(37)51)32(49)40-26-11-9-25(10-12-26)23-55-35(52)39-16-18-43-19-21-44(22-20-43)36(53)54/h9-14,24,27,31H,3-8,15-23H2,1-2H3,(H,39,52)(H,40,49)(H,41,50)(H,42,46)(H,53,54)(H3,37,38,51)/t27-,31-/m0/s1. The van der Waals surface area contributed by atoms with E-state index in [-0.39, 0.29) is 56.2 Å². The maximum Gasteiger partial charge on any atom is 0.407 e. The van der Waals surface area contributed by atoms with Crippen LogP contribution in [0.4, 0.5) is 20.1 Å². The minimum absolute atomic E-state index is 0.0243. The number of nitrogens with one attached hydrogen (secondary N) is 5. The molecular weight excluding hydrogens is 718 g/mol. The highest BCUT2D eigenvalue weighted by Crippen LogP contribution is 2.14. The van der Waals surface area contributed by atoms with Crippen LogP contribution in [0.2, 0.25) is 0 Å². The molecule has 2 aliphatic rings. The van der Waals surface area contributed by atoms with Crippen molar-refractivity contribution < 1.29 is 48.2 Å². The molecule has 0 saturated carbocycles. The number of urea groups is 1. The molecule has 9 amide bonds. The van der Waals surface area contributed by atoms with Crippen LogP contribution in [0.1, 0.15) is 57.9 Å². The van der Waals surface area contributed by atoms with Crippen molar-refractivity contribution >= 4 is 53.4 Å². The smallest absolute Gasteiger partial charge is 0.407 e. The highest BCUT2D eigenvalue weighted by Gasteiger charge is 2.29. The van der Waals surface area contributed by atoms with E-state index in [1.807, 2.05) is 0 Å². The molecule has 19 nitrogen and oxygen atoms in total. The Bertz CT molecular complexity index is 1530. The SMILES string of the molecule is CC(C)[C@H](NC(=O)CCCCCN1C(=O)C=CC1=O)C(=O)N[C@@H](CCCNC(N)=O)C(=O)Nc1ccc(COC(=O)NCCN2CCN(C(=O)O)CC2)cc1. The summed E-state index contributed by atoms with van der Waals surface area (Å²) in [5.41, 5.74) is 6.23. The third-order valence-corrected chi connectivity index (χ3v) is 8.99. The Hall–Kier alpha value is -5.72. The minimum atomic E-state index is -1.03. The van der Waals surface area contributed by atoms with E-state index in [4.69, 9.17) is 15.6 Å². The fourth-order valence-corrected chi connectivity index (χ4v) is 5.80. The van der Waals surface area contributed by atoms with Gasteiger partial charge in [0.25, 0.3) is 11.8 Å². The van der Waals surface area contributed by atoms with E-state index >= 15 is 0 Å². The summed E-state index contributed by atoms with van der Waals surface area (Å²) >= 11 is 0. The van der Waals surface area contributed by atoms with Crippen LogP contribution in [0.5, 0.6) is 0 Å². The molecule has 0 spiro atoms.